The quantitative estimate of drug-likeness (QED) is 0.620. The van der Waals surface area contributed by atoms with E-state index < -0.39 is 0 Å². The predicted octanol–water partition coefficient (Wildman–Crippen LogP) is 5.35. The normalized spacial score (nSPS) is 10.8. The van der Waals surface area contributed by atoms with Crippen LogP contribution in [0.25, 0.3) is 21.9 Å². The van der Waals surface area contributed by atoms with Crippen molar-refractivity contribution in [1.82, 2.24) is 0 Å². The largest absolute Gasteiger partial charge is 0.372 e. The van der Waals surface area contributed by atoms with E-state index in [9.17, 15) is 0 Å². The summed E-state index contributed by atoms with van der Waals surface area (Å²) in [6.07, 6.45) is 0. The summed E-state index contributed by atoms with van der Waals surface area (Å²) >= 11 is 0. The molecule has 3 aromatic carbocycles. The third kappa shape index (κ3) is 2.64. The molecule has 0 aliphatic rings. The smallest absolute Gasteiger partial charge is 0.0451 e. The Morgan fingerprint density at radius 1 is 0.714 bits per heavy atom. The van der Waals surface area contributed by atoms with Gasteiger partial charge in [-0.15, -0.1) is 0 Å². The van der Waals surface area contributed by atoms with Crippen LogP contribution in [0.1, 0.15) is 13.8 Å². The molecular formula is C20H21N. The number of nitrogens with zero attached hydrogens (tertiary/aromatic N) is 1. The van der Waals surface area contributed by atoms with Gasteiger partial charge in [0.25, 0.3) is 0 Å². The van der Waals surface area contributed by atoms with Gasteiger partial charge in [-0.2, -0.15) is 0 Å². The van der Waals surface area contributed by atoms with E-state index in [1.165, 1.54) is 27.6 Å². The molecule has 0 unspecified atom stereocenters. The summed E-state index contributed by atoms with van der Waals surface area (Å²) in [6.45, 7) is 6.48. The molecule has 0 heterocycles. The molecule has 0 saturated carbocycles. The number of fused-ring (bicyclic) bond motifs is 1. The van der Waals surface area contributed by atoms with Gasteiger partial charge in [0.1, 0.15) is 0 Å². The summed E-state index contributed by atoms with van der Waals surface area (Å²) < 4.78 is 0. The van der Waals surface area contributed by atoms with E-state index in [4.69, 9.17) is 0 Å². The first-order chi connectivity index (χ1) is 10.3. The van der Waals surface area contributed by atoms with Gasteiger partial charge in [0.05, 0.1) is 0 Å². The molecule has 3 rings (SSSR count). The molecule has 0 saturated heterocycles. The van der Waals surface area contributed by atoms with E-state index >= 15 is 0 Å². The van der Waals surface area contributed by atoms with Gasteiger partial charge in [-0.1, -0.05) is 54.6 Å². The average Bonchev–Trinajstić information content (AvgIpc) is 2.56. The van der Waals surface area contributed by atoms with Crippen molar-refractivity contribution in [2.24, 2.45) is 0 Å². The van der Waals surface area contributed by atoms with Crippen molar-refractivity contribution in [2.75, 3.05) is 18.0 Å². The molecule has 0 radical (unpaired) electrons. The maximum absolute atomic E-state index is 2.43. The number of hydrogen-bond acceptors (Lipinski definition) is 1. The number of anilines is 1. The van der Waals surface area contributed by atoms with Gasteiger partial charge in [-0.25, -0.2) is 0 Å². The molecule has 0 spiro atoms. The highest BCUT2D eigenvalue weighted by atomic mass is 15.1. The summed E-state index contributed by atoms with van der Waals surface area (Å²) in [6, 6.07) is 23.9. The molecule has 1 heteroatoms. The SMILES string of the molecule is CCN(CC)c1cc(-c2ccccc2)cc2ccccc12. The van der Waals surface area contributed by atoms with Gasteiger partial charge in [0, 0.05) is 24.2 Å². The first-order valence-corrected chi connectivity index (χ1v) is 7.66. The third-order valence-electron chi connectivity index (χ3n) is 4.05. The lowest BCUT2D eigenvalue weighted by molar-refractivity contribution is 0.871. The molecule has 0 aliphatic heterocycles. The van der Waals surface area contributed by atoms with E-state index in [0.717, 1.165) is 13.1 Å². The topological polar surface area (TPSA) is 3.24 Å². The highest BCUT2D eigenvalue weighted by Crippen LogP contribution is 2.33. The fraction of sp³-hybridized carbons (Fsp3) is 0.200. The fourth-order valence-electron chi connectivity index (χ4n) is 2.91. The summed E-state index contributed by atoms with van der Waals surface area (Å²) in [7, 11) is 0. The number of hydrogen-bond donors (Lipinski definition) is 0. The van der Waals surface area contributed by atoms with Crippen LogP contribution in [-0.4, -0.2) is 13.1 Å². The van der Waals surface area contributed by atoms with Crippen molar-refractivity contribution >= 4 is 16.5 Å². The molecule has 0 atom stereocenters. The van der Waals surface area contributed by atoms with Gasteiger partial charge in [0.2, 0.25) is 0 Å². The van der Waals surface area contributed by atoms with Gasteiger partial charge in [-0.05, 0) is 42.5 Å². The molecule has 0 aliphatic carbocycles. The monoisotopic (exact) mass is 275 g/mol. The Balaban J connectivity index is 2.24. The van der Waals surface area contributed by atoms with E-state index in [0.29, 0.717) is 0 Å². The number of benzene rings is 3. The lowest BCUT2D eigenvalue weighted by Crippen LogP contribution is -2.22. The van der Waals surface area contributed by atoms with E-state index in [1.807, 2.05) is 0 Å². The van der Waals surface area contributed by atoms with Crippen molar-refractivity contribution in [3.63, 3.8) is 0 Å². The van der Waals surface area contributed by atoms with Crippen molar-refractivity contribution in [2.45, 2.75) is 13.8 Å². The summed E-state index contributed by atoms with van der Waals surface area (Å²) in [5, 5.41) is 2.64. The van der Waals surface area contributed by atoms with Crippen LogP contribution in [0, 0.1) is 0 Å². The zero-order valence-electron chi connectivity index (χ0n) is 12.7. The molecule has 1 nitrogen and oxygen atoms in total. The minimum absolute atomic E-state index is 1.03. The van der Waals surface area contributed by atoms with Crippen molar-refractivity contribution in [3.8, 4) is 11.1 Å². The average molecular weight is 275 g/mol. The molecule has 0 N–H and O–H groups in total. The maximum Gasteiger partial charge on any atom is 0.0451 e. The highest BCUT2D eigenvalue weighted by Gasteiger charge is 2.09. The number of rotatable bonds is 4. The lowest BCUT2D eigenvalue weighted by Gasteiger charge is -2.24. The zero-order valence-corrected chi connectivity index (χ0v) is 12.7. The standard InChI is InChI=1S/C20H21N/c1-3-21(4-2)20-15-18(16-10-6-5-7-11-16)14-17-12-8-9-13-19(17)20/h5-15H,3-4H2,1-2H3. The minimum atomic E-state index is 1.03. The van der Waals surface area contributed by atoms with Crippen LogP contribution < -0.4 is 4.90 Å². The van der Waals surface area contributed by atoms with Crippen LogP contribution >= 0.6 is 0 Å². The third-order valence-corrected chi connectivity index (χ3v) is 4.05. The first kappa shape index (κ1) is 13.7. The molecule has 106 valence electrons. The van der Waals surface area contributed by atoms with E-state index in [2.05, 4.69) is 85.5 Å². The second-order valence-electron chi connectivity index (χ2n) is 5.25. The van der Waals surface area contributed by atoms with Gasteiger partial charge in [0.15, 0.2) is 0 Å². The Kier molecular flexibility index (Phi) is 3.92. The van der Waals surface area contributed by atoms with Crippen LogP contribution in [0.15, 0.2) is 66.7 Å². The van der Waals surface area contributed by atoms with Crippen molar-refractivity contribution in [3.05, 3.63) is 66.7 Å². The maximum atomic E-state index is 2.43. The Morgan fingerprint density at radius 2 is 1.38 bits per heavy atom. The molecule has 0 fully saturated rings. The molecule has 21 heavy (non-hydrogen) atoms. The van der Waals surface area contributed by atoms with Crippen molar-refractivity contribution < 1.29 is 0 Å². The molecule has 0 bridgehead atoms. The lowest BCUT2D eigenvalue weighted by atomic mass is 9.99. The van der Waals surface area contributed by atoms with E-state index in [-0.39, 0.29) is 0 Å². The summed E-state index contributed by atoms with van der Waals surface area (Å²) in [4.78, 5) is 2.43. The van der Waals surface area contributed by atoms with Crippen LogP contribution in [0.3, 0.4) is 0 Å². The van der Waals surface area contributed by atoms with Crippen LogP contribution in [0.5, 0.6) is 0 Å². The van der Waals surface area contributed by atoms with Crippen molar-refractivity contribution in [1.29, 1.82) is 0 Å². The Morgan fingerprint density at radius 3 is 2.10 bits per heavy atom. The Labute approximate surface area is 126 Å². The fourth-order valence-corrected chi connectivity index (χ4v) is 2.91. The molecule has 3 aromatic rings. The van der Waals surface area contributed by atoms with Gasteiger partial charge in [-0.3, -0.25) is 0 Å². The highest BCUT2D eigenvalue weighted by molar-refractivity contribution is 5.98. The molecule has 0 aromatic heterocycles. The van der Waals surface area contributed by atoms with Crippen LogP contribution in [-0.2, 0) is 0 Å². The first-order valence-electron chi connectivity index (χ1n) is 7.66. The summed E-state index contributed by atoms with van der Waals surface area (Å²) in [5.41, 5.74) is 3.89. The van der Waals surface area contributed by atoms with Crippen LogP contribution in [0.4, 0.5) is 5.69 Å². The predicted molar refractivity (Wildman–Crippen MR) is 92.9 cm³/mol. The molecule has 0 amide bonds. The Hall–Kier alpha value is -2.28. The second kappa shape index (κ2) is 6.01. The zero-order chi connectivity index (χ0) is 14.7. The van der Waals surface area contributed by atoms with Gasteiger partial charge >= 0.3 is 0 Å². The minimum Gasteiger partial charge on any atom is -0.372 e. The molecular weight excluding hydrogens is 254 g/mol. The summed E-state index contributed by atoms with van der Waals surface area (Å²) in [5.74, 6) is 0. The van der Waals surface area contributed by atoms with E-state index in [1.54, 1.807) is 0 Å². The van der Waals surface area contributed by atoms with Gasteiger partial charge < -0.3 is 4.90 Å². The Bertz CT molecular complexity index is 727. The van der Waals surface area contributed by atoms with Crippen LogP contribution in [0.2, 0.25) is 0 Å². The second-order valence-corrected chi connectivity index (χ2v) is 5.25.